The maximum Gasteiger partial charge on any atom is 0.418 e. The molecule has 1 amide bonds. The van der Waals surface area contributed by atoms with E-state index in [9.17, 15) is 18.0 Å². The molecule has 19 heavy (non-hydrogen) atoms. The van der Waals surface area contributed by atoms with Crippen molar-refractivity contribution < 1.29 is 18.0 Å². The number of benzene rings is 1. The smallest absolute Gasteiger partial charge is 0.382 e. The number of carbonyl (C=O) groups excluding carboxylic acids is 1. The first kappa shape index (κ1) is 12.9. The highest BCUT2D eigenvalue weighted by molar-refractivity contribution is 5.95. The van der Waals surface area contributed by atoms with Crippen LogP contribution in [0.4, 0.5) is 19.0 Å². The Balaban J connectivity index is 2.64. The van der Waals surface area contributed by atoms with E-state index in [1.54, 1.807) is 0 Å². The standard InChI is InChI=1S/C10H8F3N5O/c11-10(12,13)5-3-1-2-4-6(5)18-8(14)7(9(15)19)16-17-18/h1-4H,14H2,(H2,15,19). The fourth-order valence-electron chi connectivity index (χ4n) is 1.54. The van der Waals surface area contributed by atoms with Crippen molar-refractivity contribution >= 4 is 11.7 Å². The molecule has 2 rings (SSSR count). The van der Waals surface area contributed by atoms with Gasteiger partial charge in [0.25, 0.3) is 5.91 Å². The average molecular weight is 271 g/mol. The normalized spacial score (nSPS) is 11.5. The molecule has 0 unspecified atom stereocenters. The monoisotopic (exact) mass is 271 g/mol. The van der Waals surface area contributed by atoms with Crippen LogP contribution in [0.5, 0.6) is 0 Å². The molecule has 1 aromatic carbocycles. The van der Waals surface area contributed by atoms with E-state index in [1.165, 1.54) is 18.2 Å². The lowest BCUT2D eigenvalue weighted by atomic mass is 10.1. The highest BCUT2D eigenvalue weighted by atomic mass is 19.4. The van der Waals surface area contributed by atoms with Crippen LogP contribution in [0.15, 0.2) is 24.3 Å². The van der Waals surface area contributed by atoms with Crippen LogP contribution < -0.4 is 11.5 Å². The van der Waals surface area contributed by atoms with Crippen LogP contribution in [0.1, 0.15) is 16.1 Å². The van der Waals surface area contributed by atoms with E-state index in [2.05, 4.69) is 10.3 Å². The van der Waals surface area contributed by atoms with Gasteiger partial charge in [-0.15, -0.1) is 5.10 Å². The Labute approximate surface area is 104 Å². The number of nitrogens with two attached hydrogens (primary N) is 2. The Bertz CT molecular complexity index is 634. The SMILES string of the molecule is NC(=O)c1nnn(-c2ccccc2C(F)(F)F)c1N. The third-order valence-electron chi connectivity index (χ3n) is 2.38. The Hall–Kier alpha value is -2.58. The highest BCUT2D eigenvalue weighted by Crippen LogP contribution is 2.34. The van der Waals surface area contributed by atoms with Crippen molar-refractivity contribution in [2.24, 2.45) is 5.73 Å². The van der Waals surface area contributed by atoms with Gasteiger partial charge in [-0.1, -0.05) is 17.3 Å². The highest BCUT2D eigenvalue weighted by Gasteiger charge is 2.34. The molecule has 4 N–H and O–H groups in total. The predicted molar refractivity (Wildman–Crippen MR) is 59.3 cm³/mol. The quantitative estimate of drug-likeness (QED) is 0.849. The van der Waals surface area contributed by atoms with Crippen LogP contribution in [-0.2, 0) is 6.18 Å². The molecular weight excluding hydrogens is 263 g/mol. The maximum absolute atomic E-state index is 12.8. The summed E-state index contributed by atoms with van der Waals surface area (Å²) in [6, 6.07) is 4.66. The van der Waals surface area contributed by atoms with Crippen molar-refractivity contribution in [3.8, 4) is 5.69 Å². The molecular formula is C10H8F3N5O. The first-order valence-electron chi connectivity index (χ1n) is 5.00. The van der Waals surface area contributed by atoms with Gasteiger partial charge in [-0.25, -0.2) is 0 Å². The van der Waals surface area contributed by atoms with Gasteiger partial charge >= 0.3 is 6.18 Å². The summed E-state index contributed by atoms with van der Waals surface area (Å²) in [7, 11) is 0. The molecule has 1 aromatic heterocycles. The molecule has 0 saturated carbocycles. The molecule has 0 bridgehead atoms. The molecule has 2 aromatic rings. The summed E-state index contributed by atoms with van der Waals surface area (Å²) in [6.07, 6.45) is -4.58. The predicted octanol–water partition coefficient (Wildman–Crippen LogP) is 0.967. The van der Waals surface area contributed by atoms with Crippen LogP contribution in [0, 0.1) is 0 Å². The number of halogens is 3. The number of carbonyl (C=O) groups is 1. The molecule has 1 heterocycles. The van der Waals surface area contributed by atoms with Gasteiger partial charge in [-0.2, -0.15) is 17.9 Å². The van der Waals surface area contributed by atoms with Gasteiger partial charge in [-0.05, 0) is 12.1 Å². The number of alkyl halides is 3. The summed E-state index contributed by atoms with van der Waals surface area (Å²) in [6.45, 7) is 0. The number of primary amides is 1. The van der Waals surface area contributed by atoms with Crippen molar-refractivity contribution in [3.63, 3.8) is 0 Å². The van der Waals surface area contributed by atoms with Crippen LogP contribution in [0.25, 0.3) is 5.69 Å². The fourth-order valence-corrected chi connectivity index (χ4v) is 1.54. The summed E-state index contributed by atoms with van der Waals surface area (Å²) >= 11 is 0. The van der Waals surface area contributed by atoms with Gasteiger partial charge < -0.3 is 11.5 Å². The minimum absolute atomic E-state index is 0.326. The summed E-state index contributed by atoms with van der Waals surface area (Å²) in [5.41, 5.74) is 8.84. The third kappa shape index (κ3) is 2.21. The lowest BCUT2D eigenvalue weighted by Gasteiger charge is -2.12. The zero-order valence-corrected chi connectivity index (χ0v) is 9.35. The molecule has 0 radical (unpaired) electrons. The van der Waals surface area contributed by atoms with E-state index in [1.807, 2.05) is 0 Å². The number of rotatable bonds is 2. The van der Waals surface area contributed by atoms with Crippen molar-refractivity contribution in [2.45, 2.75) is 6.18 Å². The van der Waals surface area contributed by atoms with Crippen LogP contribution in [0.2, 0.25) is 0 Å². The number of hydrogen-bond donors (Lipinski definition) is 2. The Morgan fingerprint density at radius 2 is 1.89 bits per heavy atom. The number of nitrogens with zero attached hydrogens (tertiary/aromatic N) is 3. The van der Waals surface area contributed by atoms with Crippen molar-refractivity contribution in [1.82, 2.24) is 15.0 Å². The van der Waals surface area contributed by atoms with E-state index in [0.717, 1.165) is 10.7 Å². The Morgan fingerprint density at radius 1 is 1.26 bits per heavy atom. The van der Waals surface area contributed by atoms with Crippen LogP contribution in [0.3, 0.4) is 0 Å². The lowest BCUT2D eigenvalue weighted by molar-refractivity contribution is -0.137. The van der Waals surface area contributed by atoms with Gasteiger partial charge in [0.1, 0.15) is 0 Å². The number of amides is 1. The molecule has 0 aliphatic rings. The van der Waals surface area contributed by atoms with E-state index in [4.69, 9.17) is 11.5 Å². The van der Waals surface area contributed by atoms with E-state index in [0.29, 0.717) is 0 Å². The molecule has 0 atom stereocenters. The van der Waals surface area contributed by atoms with Crippen molar-refractivity contribution in [1.29, 1.82) is 0 Å². The minimum atomic E-state index is -4.58. The Kier molecular flexibility index (Phi) is 2.89. The van der Waals surface area contributed by atoms with E-state index in [-0.39, 0.29) is 17.2 Å². The van der Waals surface area contributed by atoms with Crippen LogP contribution in [-0.4, -0.2) is 20.9 Å². The second kappa shape index (κ2) is 4.26. The summed E-state index contributed by atoms with van der Waals surface area (Å²) in [5, 5.41) is 6.78. The van der Waals surface area contributed by atoms with Gasteiger partial charge in [0, 0.05) is 0 Å². The van der Waals surface area contributed by atoms with Gasteiger partial charge in [-0.3, -0.25) is 4.79 Å². The van der Waals surface area contributed by atoms with Gasteiger partial charge in [0.15, 0.2) is 11.5 Å². The van der Waals surface area contributed by atoms with E-state index >= 15 is 0 Å². The van der Waals surface area contributed by atoms with Gasteiger partial charge in [0.2, 0.25) is 0 Å². The molecule has 6 nitrogen and oxygen atoms in total. The third-order valence-corrected chi connectivity index (χ3v) is 2.38. The number of hydrogen-bond acceptors (Lipinski definition) is 4. The van der Waals surface area contributed by atoms with Crippen molar-refractivity contribution in [3.05, 3.63) is 35.5 Å². The molecule has 0 spiro atoms. The molecule has 0 saturated heterocycles. The maximum atomic E-state index is 12.8. The largest absolute Gasteiger partial charge is 0.418 e. The summed E-state index contributed by atoms with van der Waals surface area (Å²) in [5.74, 6) is -1.31. The second-order valence-corrected chi connectivity index (χ2v) is 3.61. The zero-order chi connectivity index (χ0) is 14.2. The van der Waals surface area contributed by atoms with Gasteiger partial charge in [0.05, 0.1) is 11.3 Å². The fraction of sp³-hybridized carbons (Fsp3) is 0.100. The Morgan fingerprint density at radius 3 is 2.42 bits per heavy atom. The second-order valence-electron chi connectivity index (χ2n) is 3.61. The number of aromatic nitrogens is 3. The minimum Gasteiger partial charge on any atom is -0.382 e. The lowest BCUT2D eigenvalue weighted by Crippen LogP contribution is -2.15. The summed E-state index contributed by atoms with van der Waals surface area (Å²) in [4.78, 5) is 11.0. The number of anilines is 1. The first-order valence-corrected chi connectivity index (χ1v) is 5.00. The molecule has 0 aliphatic carbocycles. The number of nitrogen functional groups attached to an aromatic ring is 1. The van der Waals surface area contributed by atoms with E-state index < -0.39 is 17.6 Å². The molecule has 0 fully saturated rings. The summed E-state index contributed by atoms with van der Waals surface area (Å²) < 4.78 is 39.2. The topological polar surface area (TPSA) is 99.8 Å². The molecule has 9 heteroatoms. The average Bonchev–Trinajstić information content (AvgIpc) is 2.70. The van der Waals surface area contributed by atoms with Crippen molar-refractivity contribution in [2.75, 3.05) is 5.73 Å². The molecule has 0 aliphatic heterocycles. The zero-order valence-electron chi connectivity index (χ0n) is 9.35. The van der Waals surface area contributed by atoms with Crippen LogP contribution >= 0.6 is 0 Å². The number of para-hydroxylation sites is 1. The molecule has 100 valence electrons. The first-order chi connectivity index (χ1) is 8.82.